The monoisotopic (exact) mass is 201 g/mol. The van der Waals surface area contributed by atoms with Crippen LogP contribution in [0.2, 0.25) is 0 Å². The molecule has 0 aromatic heterocycles. The highest BCUT2D eigenvalue weighted by Gasteiger charge is 2.37. The lowest BCUT2D eigenvalue weighted by Crippen LogP contribution is -2.45. The van der Waals surface area contributed by atoms with Crippen LogP contribution in [0.4, 0.5) is 0 Å². The van der Waals surface area contributed by atoms with Crippen LogP contribution in [0.25, 0.3) is 0 Å². The molecule has 1 aliphatic rings. The van der Waals surface area contributed by atoms with Gasteiger partial charge in [-0.25, -0.2) is 0 Å². The summed E-state index contributed by atoms with van der Waals surface area (Å²) in [5, 5.41) is 11.9. The van der Waals surface area contributed by atoms with E-state index in [-0.39, 0.29) is 24.9 Å². The Morgan fingerprint density at radius 3 is 2.86 bits per heavy atom. The number of carbonyl (C=O) groups is 2. The Kier molecular flexibility index (Phi) is 3.46. The van der Waals surface area contributed by atoms with Crippen molar-refractivity contribution < 1.29 is 19.4 Å². The molecule has 0 unspecified atom stereocenters. The second kappa shape index (κ2) is 4.41. The minimum absolute atomic E-state index is 0.0658. The van der Waals surface area contributed by atoms with E-state index in [1.54, 1.807) is 0 Å². The molecule has 0 aliphatic carbocycles. The van der Waals surface area contributed by atoms with Crippen molar-refractivity contribution in [1.29, 1.82) is 0 Å². The highest BCUT2D eigenvalue weighted by molar-refractivity contribution is 5.79. The van der Waals surface area contributed by atoms with Gasteiger partial charge in [-0.2, -0.15) is 0 Å². The molecule has 5 nitrogen and oxygen atoms in total. The Balaban J connectivity index is 2.46. The normalized spacial score (nSPS) is 26.0. The molecule has 0 bridgehead atoms. The third kappa shape index (κ3) is 2.45. The fourth-order valence-electron chi connectivity index (χ4n) is 1.60. The average Bonchev–Trinajstić information content (AvgIpc) is 2.57. The van der Waals surface area contributed by atoms with E-state index in [4.69, 9.17) is 5.11 Å². The summed E-state index contributed by atoms with van der Waals surface area (Å²) in [4.78, 5) is 21.9. The van der Waals surface area contributed by atoms with E-state index in [1.165, 1.54) is 7.11 Å². The third-order valence-electron chi connectivity index (χ3n) is 2.57. The quantitative estimate of drug-likeness (QED) is 0.606. The molecular formula is C9H15NO4. The number of ether oxygens (including phenoxy) is 1. The number of hydrogen-bond acceptors (Lipinski definition) is 4. The first-order valence-electron chi connectivity index (χ1n) is 4.60. The Morgan fingerprint density at radius 1 is 1.71 bits per heavy atom. The second-order valence-electron chi connectivity index (χ2n) is 3.56. The van der Waals surface area contributed by atoms with Crippen molar-refractivity contribution in [3.63, 3.8) is 0 Å². The van der Waals surface area contributed by atoms with E-state index in [9.17, 15) is 9.59 Å². The lowest BCUT2D eigenvalue weighted by Gasteiger charge is -2.25. The number of nitrogens with one attached hydrogen (secondary N) is 1. The van der Waals surface area contributed by atoms with Crippen LogP contribution in [0.15, 0.2) is 0 Å². The first-order valence-corrected chi connectivity index (χ1v) is 4.60. The molecule has 0 aromatic carbocycles. The molecule has 14 heavy (non-hydrogen) atoms. The molecule has 0 aromatic rings. The summed E-state index contributed by atoms with van der Waals surface area (Å²) >= 11 is 0. The number of rotatable bonds is 4. The minimum atomic E-state index is -0.606. The van der Waals surface area contributed by atoms with Crippen LogP contribution < -0.4 is 5.32 Å². The summed E-state index contributed by atoms with van der Waals surface area (Å²) < 4.78 is 4.49. The Bertz CT molecular complexity index is 241. The van der Waals surface area contributed by atoms with E-state index < -0.39 is 5.54 Å². The summed E-state index contributed by atoms with van der Waals surface area (Å²) in [5.74, 6) is -0.386. The van der Waals surface area contributed by atoms with Gasteiger partial charge in [0.05, 0.1) is 19.3 Å². The highest BCUT2D eigenvalue weighted by atomic mass is 16.5. The zero-order valence-corrected chi connectivity index (χ0v) is 8.21. The summed E-state index contributed by atoms with van der Waals surface area (Å²) in [5.41, 5.74) is -0.606. The van der Waals surface area contributed by atoms with E-state index >= 15 is 0 Å². The first kappa shape index (κ1) is 11.0. The van der Waals surface area contributed by atoms with Gasteiger partial charge in [0.2, 0.25) is 5.91 Å². The SMILES string of the molecule is COC(=O)CC[C@]1(CO)CCC(=O)N1. The molecule has 0 radical (unpaired) electrons. The van der Waals surface area contributed by atoms with Gasteiger partial charge in [-0.05, 0) is 12.8 Å². The summed E-state index contributed by atoms with van der Waals surface area (Å²) in [6, 6.07) is 0. The standard InChI is InChI=1S/C9H15NO4/c1-14-8(13)3-5-9(6-11)4-2-7(12)10-9/h11H,2-6H2,1H3,(H,10,12)/t9-/m0/s1. The molecule has 1 rings (SSSR count). The summed E-state index contributed by atoms with van der Waals surface area (Å²) in [7, 11) is 1.32. The molecule has 1 saturated heterocycles. The molecule has 2 N–H and O–H groups in total. The molecule has 0 spiro atoms. The molecular weight excluding hydrogens is 186 g/mol. The van der Waals surface area contributed by atoms with Crippen LogP contribution in [0, 0.1) is 0 Å². The van der Waals surface area contributed by atoms with Crippen molar-refractivity contribution in [3.05, 3.63) is 0 Å². The predicted molar refractivity (Wildman–Crippen MR) is 48.4 cm³/mol. The molecule has 1 heterocycles. The van der Waals surface area contributed by atoms with Crippen LogP contribution in [0.3, 0.4) is 0 Å². The Hall–Kier alpha value is -1.10. The molecule has 1 atom stereocenters. The smallest absolute Gasteiger partial charge is 0.305 e. The molecule has 1 fully saturated rings. The van der Waals surface area contributed by atoms with Crippen LogP contribution in [0.5, 0.6) is 0 Å². The summed E-state index contributed by atoms with van der Waals surface area (Å²) in [6.45, 7) is -0.129. The lowest BCUT2D eigenvalue weighted by molar-refractivity contribution is -0.141. The molecule has 0 saturated carbocycles. The predicted octanol–water partition coefficient (Wildman–Crippen LogP) is -0.419. The fraction of sp³-hybridized carbons (Fsp3) is 0.778. The second-order valence-corrected chi connectivity index (χ2v) is 3.56. The van der Waals surface area contributed by atoms with Crippen molar-refractivity contribution in [2.24, 2.45) is 0 Å². The van der Waals surface area contributed by atoms with Crippen LogP contribution in [-0.2, 0) is 14.3 Å². The highest BCUT2D eigenvalue weighted by Crippen LogP contribution is 2.24. The van der Waals surface area contributed by atoms with Gasteiger partial charge >= 0.3 is 5.97 Å². The van der Waals surface area contributed by atoms with Crippen LogP contribution >= 0.6 is 0 Å². The van der Waals surface area contributed by atoms with Crippen molar-refractivity contribution >= 4 is 11.9 Å². The number of aliphatic hydroxyl groups excluding tert-OH is 1. The number of carbonyl (C=O) groups excluding carboxylic acids is 2. The zero-order chi connectivity index (χ0) is 10.6. The van der Waals surface area contributed by atoms with Gasteiger partial charge in [-0.3, -0.25) is 9.59 Å². The molecule has 1 amide bonds. The molecule has 5 heteroatoms. The van der Waals surface area contributed by atoms with Crippen molar-refractivity contribution in [1.82, 2.24) is 5.32 Å². The lowest BCUT2D eigenvalue weighted by atomic mass is 9.93. The average molecular weight is 201 g/mol. The topological polar surface area (TPSA) is 75.6 Å². The van der Waals surface area contributed by atoms with Crippen molar-refractivity contribution in [2.75, 3.05) is 13.7 Å². The van der Waals surface area contributed by atoms with Crippen molar-refractivity contribution in [2.45, 2.75) is 31.2 Å². The molecule has 80 valence electrons. The van der Waals surface area contributed by atoms with Gasteiger partial charge in [-0.1, -0.05) is 0 Å². The van der Waals surface area contributed by atoms with Gasteiger partial charge in [0.1, 0.15) is 0 Å². The van der Waals surface area contributed by atoms with E-state index in [1.807, 2.05) is 0 Å². The van der Waals surface area contributed by atoms with Crippen LogP contribution in [-0.4, -0.2) is 36.2 Å². The maximum Gasteiger partial charge on any atom is 0.305 e. The third-order valence-corrected chi connectivity index (χ3v) is 2.57. The van der Waals surface area contributed by atoms with Gasteiger partial charge < -0.3 is 15.2 Å². The van der Waals surface area contributed by atoms with Crippen LogP contribution in [0.1, 0.15) is 25.7 Å². The van der Waals surface area contributed by atoms with Crippen molar-refractivity contribution in [3.8, 4) is 0 Å². The fourth-order valence-corrected chi connectivity index (χ4v) is 1.60. The number of methoxy groups -OCH3 is 1. The number of hydrogen-bond donors (Lipinski definition) is 2. The maximum absolute atomic E-state index is 11.0. The van der Waals surface area contributed by atoms with Gasteiger partial charge in [0.25, 0.3) is 0 Å². The Labute approximate surface area is 82.4 Å². The number of aliphatic hydroxyl groups is 1. The van der Waals surface area contributed by atoms with E-state index in [0.717, 1.165) is 0 Å². The summed E-state index contributed by atoms with van der Waals surface area (Å²) in [6.07, 6.45) is 1.65. The largest absolute Gasteiger partial charge is 0.469 e. The zero-order valence-electron chi connectivity index (χ0n) is 8.21. The number of amides is 1. The van der Waals surface area contributed by atoms with E-state index in [2.05, 4.69) is 10.1 Å². The van der Waals surface area contributed by atoms with Gasteiger partial charge in [0, 0.05) is 12.8 Å². The molecule has 1 aliphatic heterocycles. The Morgan fingerprint density at radius 2 is 2.43 bits per heavy atom. The number of esters is 1. The maximum atomic E-state index is 11.0. The minimum Gasteiger partial charge on any atom is -0.469 e. The van der Waals surface area contributed by atoms with Gasteiger partial charge in [-0.15, -0.1) is 0 Å². The first-order chi connectivity index (χ1) is 6.62. The van der Waals surface area contributed by atoms with E-state index in [0.29, 0.717) is 19.3 Å². The van der Waals surface area contributed by atoms with Gasteiger partial charge in [0.15, 0.2) is 0 Å².